The Bertz CT molecular complexity index is 466. The van der Waals surface area contributed by atoms with Gasteiger partial charge in [0.15, 0.2) is 0 Å². The van der Waals surface area contributed by atoms with Gasteiger partial charge in [0.05, 0.1) is 5.52 Å². The van der Waals surface area contributed by atoms with Crippen LogP contribution in [0, 0.1) is 17.4 Å². The van der Waals surface area contributed by atoms with E-state index in [1.54, 1.807) is 0 Å². The third-order valence-electron chi connectivity index (χ3n) is 1.96. The van der Waals surface area contributed by atoms with E-state index in [1.165, 1.54) is 3.57 Å². The Morgan fingerprint density at radius 2 is 1.92 bits per heavy atom. The molecule has 1 heterocycles. The molecule has 0 saturated carbocycles. The summed E-state index contributed by atoms with van der Waals surface area (Å²) in [4.78, 5) is 8.69. The summed E-state index contributed by atoms with van der Waals surface area (Å²) in [6.07, 6.45) is 0. The van der Waals surface area contributed by atoms with Crippen LogP contribution in [-0.2, 0) is 0 Å². The van der Waals surface area contributed by atoms with Gasteiger partial charge in [-0.1, -0.05) is 0 Å². The number of halogens is 1. The molecule has 0 spiro atoms. The second-order valence-electron chi connectivity index (χ2n) is 3.02. The van der Waals surface area contributed by atoms with Crippen LogP contribution in [0.5, 0.6) is 0 Å². The van der Waals surface area contributed by atoms with E-state index in [9.17, 15) is 0 Å². The van der Waals surface area contributed by atoms with Gasteiger partial charge >= 0.3 is 0 Å². The van der Waals surface area contributed by atoms with E-state index in [2.05, 4.69) is 44.7 Å². The smallest absolute Gasteiger partial charge is 0.126 e. The van der Waals surface area contributed by atoms with Gasteiger partial charge in [-0.15, -0.1) is 0 Å². The molecule has 0 unspecified atom stereocenters. The molecule has 0 radical (unpaired) electrons. The first kappa shape index (κ1) is 8.87. The van der Waals surface area contributed by atoms with Gasteiger partial charge in [0.1, 0.15) is 5.82 Å². The van der Waals surface area contributed by atoms with E-state index in [0.29, 0.717) is 0 Å². The maximum absolute atomic E-state index is 4.36. The summed E-state index contributed by atoms with van der Waals surface area (Å²) in [5.74, 6) is 0.839. The van der Waals surface area contributed by atoms with Crippen molar-refractivity contribution in [2.45, 2.75) is 13.8 Å². The maximum atomic E-state index is 4.36. The molecule has 0 aliphatic carbocycles. The molecular weight excluding hydrogens is 275 g/mol. The van der Waals surface area contributed by atoms with Gasteiger partial charge in [0.2, 0.25) is 0 Å². The Balaban J connectivity index is 2.87. The molecule has 66 valence electrons. The average molecular weight is 284 g/mol. The van der Waals surface area contributed by atoms with Crippen molar-refractivity contribution in [1.82, 2.24) is 9.97 Å². The maximum Gasteiger partial charge on any atom is 0.126 e. The van der Waals surface area contributed by atoms with Gasteiger partial charge in [0, 0.05) is 14.7 Å². The molecule has 3 heteroatoms. The number of rotatable bonds is 0. The summed E-state index contributed by atoms with van der Waals surface area (Å²) in [6, 6.07) is 6.22. The number of aromatic nitrogens is 2. The molecule has 0 N–H and O–H groups in total. The molecule has 2 nitrogen and oxygen atoms in total. The quantitative estimate of drug-likeness (QED) is 0.695. The van der Waals surface area contributed by atoms with Crippen LogP contribution in [-0.4, -0.2) is 9.97 Å². The first-order valence-corrected chi connectivity index (χ1v) is 5.15. The first-order chi connectivity index (χ1) is 6.16. The normalized spacial score (nSPS) is 10.7. The lowest BCUT2D eigenvalue weighted by atomic mass is 10.2. The highest BCUT2D eigenvalue weighted by Crippen LogP contribution is 2.17. The van der Waals surface area contributed by atoms with E-state index < -0.39 is 0 Å². The number of hydrogen-bond donors (Lipinski definition) is 0. The largest absolute Gasteiger partial charge is 0.238 e. The zero-order chi connectivity index (χ0) is 9.42. The van der Waals surface area contributed by atoms with Crippen molar-refractivity contribution in [3.63, 3.8) is 0 Å². The van der Waals surface area contributed by atoms with Crippen LogP contribution in [0.4, 0.5) is 0 Å². The Morgan fingerprint density at radius 1 is 1.15 bits per heavy atom. The topological polar surface area (TPSA) is 25.8 Å². The van der Waals surface area contributed by atoms with Crippen LogP contribution in [0.25, 0.3) is 10.9 Å². The summed E-state index contributed by atoms with van der Waals surface area (Å²) in [5, 5.41) is 1.15. The van der Waals surface area contributed by atoms with Crippen LogP contribution >= 0.6 is 22.6 Å². The second-order valence-corrected chi connectivity index (χ2v) is 4.26. The molecule has 0 atom stereocenters. The van der Waals surface area contributed by atoms with E-state index in [-0.39, 0.29) is 0 Å². The number of aryl methyl sites for hydroxylation is 2. The number of hydrogen-bond acceptors (Lipinski definition) is 2. The lowest BCUT2D eigenvalue weighted by Gasteiger charge is -2.02. The fraction of sp³-hybridized carbons (Fsp3) is 0.200. The van der Waals surface area contributed by atoms with Gasteiger partial charge in [-0.3, -0.25) is 0 Å². The average Bonchev–Trinajstić information content (AvgIpc) is 2.06. The van der Waals surface area contributed by atoms with Crippen LogP contribution in [0.3, 0.4) is 0 Å². The second kappa shape index (κ2) is 3.21. The molecule has 0 aliphatic heterocycles. The monoisotopic (exact) mass is 284 g/mol. The van der Waals surface area contributed by atoms with E-state index in [0.717, 1.165) is 22.4 Å². The van der Waals surface area contributed by atoms with Gasteiger partial charge in [-0.25, -0.2) is 9.97 Å². The lowest BCUT2D eigenvalue weighted by Crippen LogP contribution is -1.93. The van der Waals surface area contributed by atoms with Crippen molar-refractivity contribution in [3.8, 4) is 0 Å². The van der Waals surface area contributed by atoms with Gasteiger partial charge in [-0.2, -0.15) is 0 Å². The van der Waals surface area contributed by atoms with Crippen molar-refractivity contribution in [2.75, 3.05) is 0 Å². The third kappa shape index (κ3) is 1.65. The predicted octanol–water partition coefficient (Wildman–Crippen LogP) is 2.85. The summed E-state index contributed by atoms with van der Waals surface area (Å²) in [6.45, 7) is 3.94. The zero-order valence-electron chi connectivity index (χ0n) is 7.50. The number of fused-ring (bicyclic) bond motifs is 1. The Morgan fingerprint density at radius 3 is 2.69 bits per heavy atom. The van der Waals surface area contributed by atoms with Crippen LogP contribution < -0.4 is 0 Å². The van der Waals surface area contributed by atoms with Gasteiger partial charge in [-0.05, 0) is 54.6 Å². The van der Waals surface area contributed by atoms with Crippen molar-refractivity contribution >= 4 is 33.5 Å². The molecule has 1 aromatic heterocycles. The molecule has 0 saturated heterocycles. The molecular formula is C10H9IN2. The highest BCUT2D eigenvalue weighted by Gasteiger charge is 2.01. The number of nitrogens with zero attached hydrogens (tertiary/aromatic N) is 2. The first-order valence-electron chi connectivity index (χ1n) is 4.07. The molecule has 0 bridgehead atoms. The molecule has 2 aromatic rings. The summed E-state index contributed by atoms with van der Waals surface area (Å²) in [7, 11) is 0. The van der Waals surface area contributed by atoms with Crippen molar-refractivity contribution < 1.29 is 0 Å². The van der Waals surface area contributed by atoms with Crippen molar-refractivity contribution in [3.05, 3.63) is 33.3 Å². The molecule has 0 amide bonds. The van der Waals surface area contributed by atoms with Crippen LogP contribution in [0.2, 0.25) is 0 Å². The van der Waals surface area contributed by atoms with Crippen LogP contribution in [0.1, 0.15) is 11.5 Å². The third-order valence-corrected chi connectivity index (χ3v) is 2.63. The zero-order valence-corrected chi connectivity index (χ0v) is 9.66. The molecule has 0 fully saturated rings. The SMILES string of the molecule is Cc1nc(C)c2cc(I)ccc2n1. The lowest BCUT2D eigenvalue weighted by molar-refractivity contribution is 1.05. The molecule has 1 aromatic carbocycles. The van der Waals surface area contributed by atoms with Gasteiger partial charge < -0.3 is 0 Å². The van der Waals surface area contributed by atoms with Crippen molar-refractivity contribution in [2.24, 2.45) is 0 Å². The standard InChI is InChI=1S/C10H9IN2/c1-6-9-5-8(11)3-4-10(9)13-7(2)12-6/h3-5H,1-2H3. The Labute approximate surface area is 90.5 Å². The molecule has 0 aliphatic rings. The summed E-state index contributed by atoms with van der Waals surface area (Å²) in [5.41, 5.74) is 2.09. The van der Waals surface area contributed by atoms with Crippen LogP contribution in [0.15, 0.2) is 18.2 Å². The van der Waals surface area contributed by atoms with E-state index >= 15 is 0 Å². The van der Waals surface area contributed by atoms with E-state index in [4.69, 9.17) is 0 Å². The minimum absolute atomic E-state index is 0.839. The minimum Gasteiger partial charge on any atom is -0.238 e. The number of benzene rings is 1. The summed E-state index contributed by atoms with van der Waals surface area (Å²) >= 11 is 2.30. The fourth-order valence-electron chi connectivity index (χ4n) is 1.40. The molecule has 13 heavy (non-hydrogen) atoms. The van der Waals surface area contributed by atoms with Gasteiger partial charge in [0.25, 0.3) is 0 Å². The minimum atomic E-state index is 0.839. The highest BCUT2D eigenvalue weighted by molar-refractivity contribution is 14.1. The summed E-state index contributed by atoms with van der Waals surface area (Å²) < 4.78 is 1.22. The highest BCUT2D eigenvalue weighted by atomic mass is 127. The predicted molar refractivity (Wildman–Crippen MR) is 61.7 cm³/mol. The fourth-order valence-corrected chi connectivity index (χ4v) is 1.89. The van der Waals surface area contributed by atoms with E-state index in [1.807, 2.05) is 19.9 Å². The molecule has 2 rings (SSSR count). The van der Waals surface area contributed by atoms with Crippen molar-refractivity contribution in [1.29, 1.82) is 0 Å². The Hall–Kier alpha value is -0.710. The Kier molecular flexibility index (Phi) is 2.19.